The summed E-state index contributed by atoms with van der Waals surface area (Å²) >= 11 is 0. The second-order valence-electron chi connectivity index (χ2n) is 4.36. The number of nitrogens with zero attached hydrogens (tertiary/aromatic N) is 2. The lowest BCUT2D eigenvalue weighted by molar-refractivity contribution is 0.0602. The van der Waals surface area contributed by atoms with E-state index in [1.54, 1.807) is 7.05 Å². The van der Waals surface area contributed by atoms with Crippen LogP contribution in [0.15, 0.2) is 0 Å². The van der Waals surface area contributed by atoms with E-state index in [-0.39, 0.29) is 17.4 Å². The van der Waals surface area contributed by atoms with E-state index >= 15 is 0 Å². The van der Waals surface area contributed by atoms with Crippen LogP contribution in [-0.2, 0) is 4.74 Å². The van der Waals surface area contributed by atoms with Gasteiger partial charge in [0, 0.05) is 7.05 Å². The van der Waals surface area contributed by atoms with Crippen molar-refractivity contribution in [3.63, 3.8) is 0 Å². The van der Waals surface area contributed by atoms with Gasteiger partial charge >= 0.3 is 5.97 Å². The zero-order valence-corrected chi connectivity index (χ0v) is 10.5. The number of ether oxygens (including phenoxy) is 1. The molecule has 0 saturated heterocycles. The molecular formula is C11H18N4O3. The fraction of sp³-hybridized carbons (Fsp3) is 0.636. The Morgan fingerprint density at radius 3 is 2.83 bits per heavy atom. The Labute approximate surface area is 105 Å². The number of aliphatic hydroxyl groups is 1. The summed E-state index contributed by atoms with van der Waals surface area (Å²) in [7, 11) is 2.95. The van der Waals surface area contributed by atoms with Crippen LogP contribution in [0, 0.1) is 0 Å². The summed E-state index contributed by atoms with van der Waals surface area (Å²) < 4.78 is 6.21. The van der Waals surface area contributed by atoms with Gasteiger partial charge in [-0.3, -0.25) is 0 Å². The van der Waals surface area contributed by atoms with Gasteiger partial charge in [0.15, 0.2) is 5.82 Å². The first-order valence-electron chi connectivity index (χ1n) is 5.92. The van der Waals surface area contributed by atoms with Crippen LogP contribution in [0.2, 0.25) is 0 Å². The quantitative estimate of drug-likeness (QED) is 0.674. The number of rotatable bonds is 3. The summed E-state index contributed by atoms with van der Waals surface area (Å²) in [6, 6.07) is -0.171. The minimum absolute atomic E-state index is 0.171. The zero-order chi connectivity index (χ0) is 13.3. The number of hydrogen-bond donors (Lipinski definition) is 3. The van der Waals surface area contributed by atoms with Gasteiger partial charge < -0.3 is 20.9 Å². The molecule has 0 amide bonds. The molecule has 0 spiro atoms. The molecule has 2 unspecified atom stereocenters. The number of anilines is 2. The summed E-state index contributed by atoms with van der Waals surface area (Å²) in [6.07, 6.45) is 1.99. The first kappa shape index (κ1) is 12.7. The molecule has 7 nitrogen and oxygen atoms in total. The van der Waals surface area contributed by atoms with Crippen molar-refractivity contribution in [2.45, 2.75) is 31.4 Å². The molecule has 0 aromatic carbocycles. The second kappa shape index (κ2) is 4.85. The summed E-state index contributed by atoms with van der Waals surface area (Å²) in [4.78, 5) is 11.7. The zero-order valence-electron chi connectivity index (χ0n) is 10.5. The molecule has 1 aromatic heterocycles. The lowest BCUT2D eigenvalue weighted by Crippen LogP contribution is -2.21. The predicted molar refractivity (Wildman–Crippen MR) is 66.4 cm³/mol. The third-order valence-corrected chi connectivity index (χ3v) is 3.33. The Hall–Kier alpha value is -1.76. The van der Waals surface area contributed by atoms with E-state index in [0.717, 1.165) is 19.3 Å². The average molecular weight is 254 g/mol. The molecule has 2 atom stereocenters. The van der Waals surface area contributed by atoms with Crippen LogP contribution in [0.1, 0.15) is 35.7 Å². The van der Waals surface area contributed by atoms with E-state index < -0.39 is 12.1 Å². The normalized spacial score (nSPS) is 23.1. The molecule has 0 aliphatic heterocycles. The number of methoxy groups -OCH3 is 1. The van der Waals surface area contributed by atoms with Gasteiger partial charge in [-0.15, -0.1) is 0 Å². The van der Waals surface area contributed by atoms with Crippen molar-refractivity contribution in [2.24, 2.45) is 0 Å². The third kappa shape index (κ3) is 1.90. The van der Waals surface area contributed by atoms with E-state index in [9.17, 15) is 9.90 Å². The van der Waals surface area contributed by atoms with Crippen molar-refractivity contribution in [3.05, 3.63) is 5.56 Å². The molecule has 1 heterocycles. The summed E-state index contributed by atoms with van der Waals surface area (Å²) in [6.45, 7) is 0. The number of aromatic nitrogens is 2. The van der Waals surface area contributed by atoms with Crippen LogP contribution in [0.3, 0.4) is 0 Å². The first-order chi connectivity index (χ1) is 8.60. The highest BCUT2D eigenvalue weighted by Gasteiger charge is 2.32. The maximum absolute atomic E-state index is 11.7. The van der Waals surface area contributed by atoms with Crippen molar-refractivity contribution in [1.82, 2.24) is 9.78 Å². The Balaban J connectivity index is 2.43. The van der Waals surface area contributed by atoms with Gasteiger partial charge in [-0.2, -0.15) is 5.10 Å². The lowest BCUT2D eigenvalue weighted by atomic mass is 10.2. The number of esters is 1. The van der Waals surface area contributed by atoms with E-state index in [1.165, 1.54) is 11.8 Å². The Bertz CT molecular complexity index is 457. The third-order valence-electron chi connectivity index (χ3n) is 3.33. The van der Waals surface area contributed by atoms with Gasteiger partial charge in [0.1, 0.15) is 11.4 Å². The molecule has 2 rings (SSSR count). The van der Waals surface area contributed by atoms with Crippen LogP contribution in [0.5, 0.6) is 0 Å². The molecule has 1 fully saturated rings. The minimum atomic E-state index is -0.532. The Morgan fingerprint density at radius 1 is 1.61 bits per heavy atom. The second-order valence-corrected chi connectivity index (χ2v) is 4.36. The smallest absolute Gasteiger partial charge is 0.345 e. The Morgan fingerprint density at radius 2 is 2.33 bits per heavy atom. The van der Waals surface area contributed by atoms with Gasteiger partial charge in [-0.1, -0.05) is 0 Å². The van der Waals surface area contributed by atoms with E-state index in [1.807, 2.05) is 0 Å². The molecule has 18 heavy (non-hydrogen) atoms. The number of hydrogen-bond acceptors (Lipinski definition) is 6. The average Bonchev–Trinajstić information content (AvgIpc) is 2.92. The lowest BCUT2D eigenvalue weighted by Gasteiger charge is -2.16. The maximum Gasteiger partial charge on any atom is 0.345 e. The number of carbonyl (C=O) groups is 1. The van der Waals surface area contributed by atoms with Crippen molar-refractivity contribution in [3.8, 4) is 0 Å². The van der Waals surface area contributed by atoms with Crippen molar-refractivity contribution < 1.29 is 14.6 Å². The van der Waals surface area contributed by atoms with Gasteiger partial charge in [0.25, 0.3) is 0 Å². The highest BCUT2D eigenvalue weighted by Crippen LogP contribution is 2.34. The number of aliphatic hydroxyl groups excluding tert-OH is 1. The highest BCUT2D eigenvalue weighted by atomic mass is 16.5. The topological polar surface area (TPSA) is 102 Å². The van der Waals surface area contributed by atoms with E-state index in [4.69, 9.17) is 5.73 Å². The molecular weight excluding hydrogens is 236 g/mol. The SMILES string of the molecule is CNc1nn(C2CCCC2O)c(N)c1C(=O)OC. The fourth-order valence-corrected chi connectivity index (χ4v) is 2.38. The fourth-order valence-electron chi connectivity index (χ4n) is 2.38. The molecule has 1 aliphatic carbocycles. The van der Waals surface area contributed by atoms with Crippen molar-refractivity contribution >= 4 is 17.6 Å². The molecule has 7 heteroatoms. The van der Waals surface area contributed by atoms with Crippen LogP contribution in [-0.4, -0.2) is 41.1 Å². The number of nitrogens with two attached hydrogens (primary N) is 1. The molecule has 1 saturated carbocycles. The highest BCUT2D eigenvalue weighted by molar-refractivity contribution is 5.99. The summed E-state index contributed by atoms with van der Waals surface area (Å²) in [5.41, 5.74) is 6.17. The number of nitrogens with one attached hydrogen (secondary N) is 1. The molecule has 0 bridgehead atoms. The van der Waals surface area contributed by atoms with E-state index in [2.05, 4.69) is 15.2 Å². The van der Waals surface area contributed by atoms with Crippen LogP contribution >= 0.6 is 0 Å². The molecule has 0 radical (unpaired) electrons. The monoisotopic (exact) mass is 254 g/mol. The van der Waals surface area contributed by atoms with Gasteiger partial charge in [0.05, 0.1) is 19.3 Å². The standard InChI is InChI=1S/C11H18N4O3/c1-13-10-8(11(17)18-2)9(12)15(14-10)6-4-3-5-7(6)16/h6-7,16H,3-5,12H2,1-2H3,(H,13,14). The maximum atomic E-state index is 11.7. The number of nitrogen functional groups attached to an aromatic ring is 1. The van der Waals surface area contributed by atoms with Crippen LogP contribution in [0.25, 0.3) is 0 Å². The molecule has 1 aromatic rings. The largest absolute Gasteiger partial charge is 0.465 e. The molecule has 1 aliphatic rings. The minimum Gasteiger partial charge on any atom is -0.465 e. The van der Waals surface area contributed by atoms with Gasteiger partial charge in [-0.05, 0) is 19.3 Å². The summed E-state index contributed by atoms with van der Waals surface area (Å²) in [5, 5.41) is 16.9. The van der Waals surface area contributed by atoms with Crippen molar-refractivity contribution in [1.29, 1.82) is 0 Å². The predicted octanol–water partition coefficient (Wildman–Crippen LogP) is 0.379. The molecule has 100 valence electrons. The first-order valence-corrected chi connectivity index (χ1v) is 5.92. The summed E-state index contributed by atoms with van der Waals surface area (Å²) in [5.74, 6) is 0.0752. The number of carbonyl (C=O) groups excluding carboxylic acids is 1. The molecule has 4 N–H and O–H groups in total. The van der Waals surface area contributed by atoms with Crippen molar-refractivity contribution in [2.75, 3.05) is 25.2 Å². The van der Waals surface area contributed by atoms with E-state index in [0.29, 0.717) is 5.82 Å². The van der Waals surface area contributed by atoms with Gasteiger partial charge in [0.2, 0.25) is 0 Å². The van der Waals surface area contributed by atoms with Crippen LogP contribution < -0.4 is 11.1 Å². The Kier molecular flexibility index (Phi) is 3.42. The van der Waals surface area contributed by atoms with Gasteiger partial charge in [-0.25, -0.2) is 9.48 Å². The van der Waals surface area contributed by atoms with Crippen LogP contribution in [0.4, 0.5) is 11.6 Å².